The molecule has 0 spiro atoms. The molecule has 0 saturated carbocycles. The number of piperidine rings is 1. The molecule has 0 radical (unpaired) electrons. The Morgan fingerprint density at radius 3 is 2.36 bits per heavy atom. The van der Waals surface area contributed by atoms with Crippen molar-refractivity contribution in [3.05, 3.63) is 59.2 Å². The first kappa shape index (κ1) is 23.2. The van der Waals surface area contributed by atoms with E-state index in [1.807, 2.05) is 0 Å². The van der Waals surface area contributed by atoms with Gasteiger partial charge in [0.2, 0.25) is 10.0 Å². The number of esters is 1. The van der Waals surface area contributed by atoms with Crippen LogP contribution in [-0.2, 0) is 26.1 Å². The fourth-order valence-electron chi connectivity index (χ4n) is 4.09. The Hall–Kier alpha value is -2.93. The second-order valence-electron chi connectivity index (χ2n) is 8.13. The smallest absolute Gasteiger partial charge is 0.340 e. The summed E-state index contributed by atoms with van der Waals surface area (Å²) in [5.41, 5.74) is 2.22. The van der Waals surface area contributed by atoms with E-state index in [9.17, 15) is 13.2 Å². The van der Waals surface area contributed by atoms with Crippen LogP contribution in [0.25, 0.3) is 0 Å². The molecule has 0 aromatic heterocycles. The molecule has 2 aliphatic heterocycles. The maximum Gasteiger partial charge on any atom is 0.340 e. The lowest BCUT2D eigenvalue weighted by Gasteiger charge is -2.31. The largest absolute Gasteiger partial charge is 0.457 e. The summed E-state index contributed by atoms with van der Waals surface area (Å²) in [6, 6.07) is 13.6. The zero-order valence-corrected chi connectivity index (χ0v) is 19.2. The van der Waals surface area contributed by atoms with E-state index in [-0.39, 0.29) is 30.2 Å². The summed E-state index contributed by atoms with van der Waals surface area (Å²) in [7, 11) is -3.74. The van der Waals surface area contributed by atoms with E-state index >= 15 is 0 Å². The molecule has 2 fully saturated rings. The number of carbonyl (C=O) groups is 1. The number of carbonyl (C=O) groups excluding carboxylic acids is 1. The number of rotatable bonds is 6. The third-order valence-electron chi connectivity index (χ3n) is 5.95. The first-order valence-corrected chi connectivity index (χ1v) is 12.6. The second kappa shape index (κ2) is 10.3. The van der Waals surface area contributed by atoms with Crippen LogP contribution in [-0.4, -0.2) is 58.1 Å². The lowest BCUT2D eigenvalue weighted by Crippen LogP contribution is -2.40. The molecule has 8 nitrogen and oxygen atoms in total. The van der Waals surface area contributed by atoms with Gasteiger partial charge in [0.15, 0.2) is 0 Å². The highest BCUT2D eigenvalue weighted by molar-refractivity contribution is 7.89. The lowest BCUT2D eigenvalue weighted by atomic mass is 10.1. The van der Waals surface area contributed by atoms with Crippen LogP contribution >= 0.6 is 0 Å². The Labute approximate surface area is 194 Å². The average molecular weight is 470 g/mol. The van der Waals surface area contributed by atoms with Gasteiger partial charge in [-0.1, -0.05) is 12.1 Å². The molecule has 0 aliphatic carbocycles. The van der Waals surface area contributed by atoms with Crippen LogP contribution in [0.3, 0.4) is 0 Å². The molecule has 0 unspecified atom stereocenters. The molecule has 2 heterocycles. The second-order valence-corrected chi connectivity index (χ2v) is 10.1. The van der Waals surface area contributed by atoms with Gasteiger partial charge in [0.05, 0.1) is 41.0 Å². The van der Waals surface area contributed by atoms with Gasteiger partial charge in [-0.3, -0.25) is 0 Å². The summed E-state index contributed by atoms with van der Waals surface area (Å²) in [4.78, 5) is 15.3. The zero-order valence-electron chi connectivity index (χ0n) is 18.4. The molecule has 174 valence electrons. The maximum absolute atomic E-state index is 13.2. The van der Waals surface area contributed by atoms with E-state index < -0.39 is 16.0 Å². The molecule has 2 saturated heterocycles. The first-order chi connectivity index (χ1) is 16.0. The SMILES string of the molecule is N#Cc1ccc(COC(=O)c2cc(S(=O)(=O)N3CCOCC3)ccc2N2CCCCC2)cc1. The lowest BCUT2D eigenvalue weighted by molar-refractivity contribution is 0.0473. The van der Waals surface area contributed by atoms with Crippen molar-refractivity contribution in [2.45, 2.75) is 30.8 Å². The van der Waals surface area contributed by atoms with Gasteiger partial charge in [-0.15, -0.1) is 0 Å². The van der Waals surface area contributed by atoms with Gasteiger partial charge in [0, 0.05) is 26.2 Å². The normalized spacial score (nSPS) is 17.4. The van der Waals surface area contributed by atoms with Gasteiger partial charge in [-0.2, -0.15) is 9.57 Å². The minimum atomic E-state index is -3.74. The van der Waals surface area contributed by atoms with E-state index in [4.69, 9.17) is 14.7 Å². The van der Waals surface area contributed by atoms with Gasteiger partial charge in [0.1, 0.15) is 6.61 Å². The van der Waals surface area contributed by atoms with Crippen LogP contribution in [0.4, 0.5) is 5.69 Å². The van der Waals surface area contributed by atoms with E-state index in [1.165, 1.54) is 10.4 Å². The Morgan fingerprint density at radius 2 is 1.70 bits per heavy atom. The molecule has 0 atom stereocenters. The summed E-state index contributed by atoms with van der Waals surface area (Å²) in [6.45, 7) is 2.93. The molecule has 2 aromatic rings. The van der Waals surface area contributed by atoms with E-state index in [0.29, 0.717) is 24.5 Å². The molecular formula is C24H27N3O5S. The summed E-state index contributed by atoms with van der Waals surface area (Å²) < 4.78 is 38.6. The van der Waals surface area contributed by atoms with Crippen LogP contribution in [0, 0.1) is 11.3 Å². The average Bonchev–Trinajstić information content (AvgIpc) is 2.88. The van der Waals surface area contributed by atoms with Gasteiger partial charge in [-0.05, 0) is 55.2 Å². The van der Waals surface area contributed by atoms with Gasteiger partial charge in [0.25, 0.3) is 0 Å². The molecule has 4 rings (SSSR count). The Morgan fingerprint density at radius 1 is 1.00 bits per heavy atom. The molecule has 0 bridgehead atoms. The number of hydrogen-bond acceptors (Lipinski definition) is 7. The molecule has 2 aliphatic rings. The van der Waals surface area contributed by atoms with Crippen molar-refractivity contribution in [2.24, 2.45) is 0 Å². The van der Waals surface area contributed by atoms with Crippen molar-refractivity contribution in [2.75, 3.05) is 44.3 Å². The maximum atomic E-state index is 13.2. The molecule has 2 aromatic carbocycles. The Balaban J connectivity index is 1.61. The highest BCUT2D eigenvalue weighted by Gasteiger charge is 2.29. The first-order valence-electron chi connectivity index (χ1n) is 11.1. The van der Waals surface area contributed by atoms with Crippen molar-refractivity contribution >= 4 is 21.7 Å². The van der Waals surface area contributed by atoms with Crippen molar-refractivity contribution in [3.8, 4) is 6.07 Å². The van der Waals surface area contributed by atoms with E-state index in [0.717, 1.165) is 37.9 Å². The predicted molar refractivity (Wildman–Crippen MR) is 122 cm³/mol. The fourth-order valence-corrected chi connectivity index (χ4v) is 5.52. The molecule has 0 amide bonds. The monoisotopic (exact) mass is 469 g/mol. The minimum Gasteiger partial charge on any atom is -0.457 e. The number of hydrogen-bond donors (Lipinski definition) is 0. The number of morpholine rings is 1. The zero-order chi connectivity index (χ0) is 23.3. The number of ether oxygens (including phenoxy) is 2. The highest BCUT2D eigenvalue weighted by atomic mass is 32.2. The Kier molecular flexibility index (Phi) is 7.28. The van der Waals surface area contributed by atoms with Crippen molar-refractivity contribution < 1.29 is 22.7 Å². The molecule has 9 heteroatoms. The van der Waals surface area contributed by atoms with Gasteiger partial charge >= 0.3 is 5.97 Å². The van der Waals surface area contributed by atoms with Crippen LogP contribution in [0.1, 0.15) is 40.7 Å². The van der Waals surface area contributed by atoms with Crippen molar-refractivity contribution in [1.82, 2.24) is 4.31 Å². The van der Waals surface area contributed by atoms with Crippen LogP contribution in [0.15, 0.2) is 47.4 Å². The Bertz CT molecular complexity index is 1130. The van der Waals surface area contributed by atoms with E-state index in [1.54, 1.807) is 36.4 Å². The fraction of sp³-hybridized carbons (Fsp3) is 0.417. The summed E-state index contributed by atoms with van der Waals surface area (Å²) >= 11 is 0. The predicted octanol–water partition coefficient (Wildman–Crippen LogP) is 2.93. The molecule has 0 N–H and O–H groups in total. The van der Waals surface area contributed by atoms with Crippen LogP contribution in [0.2, 0.25) is 0 Å². The van der Waals surface area contributed by atoms with E-state index in [2.05, 4.69) is 11.0 Å². The number of benzene rings is 2. The van der Waals surface area contributed by atoms with Crippen molar-refractivity contribution in [1.29, 1.82) is 5.26 Å². The number of nitriles is 1. The molecular weight excluding hydrogens is 442 g/mol. The third kappa shape index (κ3) is 5.36. The quantitative estimate of drug-likeness (QED) is 0.600. The molecule has 33 heavy (non-hydrogen) atoms. The standard InChI is InChI=1S/C24H27N3O5S/c25-17-19-4-6-20(7-5-19)18-32-24(28)22-16-21(33(29,30)27-12-14-31-15-13-27)8-9-23(22)26-10-2-1-3-11-26/h4-9,16H,1-3,10-15,18H2. The number of nitrogens with zero attached hydrogens (tertiary/aromatic N) is 3. The topological polar surface area (TPSA) is 99.9 Å². The van der Waals surface area contributed by atoms with Gasteiger partial charge < -0.3 is 14.4 Å². The highest BCUT2D eigenvalue weighted by Crippen LogP contribution is 2.29. The number of sulfonamides is 1. The summed E-state index contributed by atoms with van der Waals surface area (Å²) in [5, 5.41) is 8.94. The number of anilines is 1. The van der Waals surface area contributed by atoms with Crippen LogP contribution in [0.5, 0.6) is 0 Å². The third-order valence-corrected chi connectivity index (χ3v) is 7.84. The van der Waals surface area contributed by atoms with Gasteiger partial charge in [-0.25, -0.2) is 13.2 Å². The minimum absolute atomic E-state index is 0.0322. The summed E-state index contributed by atoms with van der Waals surface area (Å²) in [5.74, 6) is -0.570. The van der Waals surface area contributed by atoms with Crippen LogP contribution < -0.4 is 4.90 Å². The van der Waals surface area contributed by atoms with Crippen molar-refractivity contribution in [3.63, 3.8) is 0 Å². The summed E-state index contributed by atoms with van der Waals surface area (Å²) in [6.07, 6.45) is 3.18.